The van der Waals surface area contributed by atoms with E-state index in [1.807, 2.05) is 4.90 Å². The molecule has 2 aliphatic rings. The van der Waals surface area contributed by atoms with Crippen molar-refractivity contribution >= 4 is 5.91 Å². The fourth-order valence-corrected chi connectivity index (χ4v) is 2.92. The maximum atomic E-state index is 12.4. The number of carbonyl (C=O) groups is 1. The number of carbonyl (C=O) groups excluding carboxylic acids is 1. The maximum absolute atomic E-state index is 12.4. The summed E-state index contributed by atoms with van der Waals surface area (Å²) in [5.74, 6) is 0.565. The standard InChI is InChI=1S/C14H27N3O2/c1-12-4-11-19-13(12)14(18)17-8-3-7-16(9-10-17)6-2-5-15/h12-13H,2-11,15H2,1H3. The monoisotopic (exact) mass is 269 g/mol. The van der Waals surface area contributed by atoms with E-state index in [4.69, 9.17) is 10.5 Å². The second kappa shape index (κ2) is 7.22. The number of rotatable bonds is 4. The molecule has 19 heavy (non-hydrogen) atoms. The number of ether oxygens (including phenoxy) is 1. The largest absolute Gasteiger partial charge is 0.368 e. The van der Waals surface area contributed by atoms with Crippen LogP contribution < -0.4 is 5.73 Å². The van der Waals surface area contributed by atoms with Crippen LogP contribution in [-0.4, -0.2) is 67.7 Å². The molecule has 0 aromatic heterocycles. The molecule has 5 heteroatoms. The van der Waals surface area contributed by atoms with E-state index in [1.54, 1.807) is 0 Å². The molecule has 2 atom stereocenters. The predicted molar refractivity (Wildman–Crippen MR) is 74.8 cm³/mol. The zero-order valence-corrected chi connectivity index (χ0v) is 12.0. The first-order chi connectivity index (χ1) is 9.22. The summed E-state index contributed by atoms with van der Waals surface area (Å²) in [6.07, 6.45) is 2.90. The average molecular weight is 269 g/mol. The summed E-state index contributed by atoms with van der Waals surface area (Å²) in [5, 5.41) is 0. The fraction of sp³-hybridized carbons (Fsp3) is 0.929. The third-order valence-corrected chi connectivity index (χ3v) is 4.21. The first kappa shape index (κ1) is 14.8. The molecule has 0 spiro atoms. The van der Waals surface area contributed by atoms with Crippen molar-refractivity contribution in [3.8, 4) is 0 Å². The molecule has 0 bridgehead atoms. The van der Waals surface area contributed by atoms with Gasteiger partial charge in [-0.2, -0.15) is 0 Å². The van der Waals surface area contributed by atoms with Gasteiger partial charge in [0.2, 0.25) is 0 Å². The molecule has 0 aromatic rings. The van der Waals surface area contributed by atoms with Gasteiger partial charge >= 0.3 is 0 Å². The first-order valence-corrected chi connectivity index (χ1v) is 7.55. The molecule has 0 saturated carbocycles. The summed E-state index contributed by atoms with van der Waals surface area (Å²) in [4.78, 5) is 16.9. The van der Waals surface area contributed by atoms with Gasteiger partial charge in [0.1, 0.15) is 6.10 Å². The Morgan fingerprint density at radius 2 is 2.16 bits per heavy atom. The van der Waals surface area contributed by atoms with E-state index in [1.165, 1.54) is 0 Å². The van der Waals surface area contributed by atoms with E-state index in [-0.39, 0.29) is 12.0 Å². The summed E-state index contributed by atoms with van der Waals surface area (Å²) in [5.41, 5.74) is 5.55. The average Bonchev–Trinajstić information content (AvgIpc) is 2.71. The minimum atomic E-state index is -0.199. The number of hydrogen-bond donors (Lipinski definition) is 1. The number of nitrogens with two attached hydrogens (primary N) is 1. The summed E-state index contributed by atoms with van der Waals surface area (Å²) in [6.45, 7) is 8.37. The Bertz CT molecular complexity index is 298. The van der Waals surface area contributed by atoms with Crippen molar-refractivity contribution in [3.63, 3.8) is 0 Å². The van der Waals surface area contributed by atoms with Gasteiger partial charge in [-0.1, -0.05) is 6.92 Å². The van der Waals surface area contributed by atoms with Crippen LogP contribution in [-0.2, 0) is 9.53 Å². The van der Waals surface area contributed by atoms with Crippen molar-refractivity contribution in [2.45, 2.75) is 32.3 Å². The van der Waals surface area contributed by atoms with Crippen LogP contribution in [0.15, 0.2) is 0 Å². The zero-order valence-electron chi connectivity index (χ0n) is 12.0. The van der Waals surface area contributed by atoms with Crippen LogP contribution in [0.1, 0.15) is 26.2 Å². The van der Waals surface area contributed by atoms with Gasteiger partial charge in [-0.25, -0.2) is 0 Å². The molecule has 5 nitrogen and oxygen atoms in total. The third kappa shape index (κ3) is 3.91. The van der Waals surface area contributed by atoms with Crippen molar-refractivity contribution in [1.82, 2.24) is 9.80 Å². The van der Waals surface area contributed by atoms with Gasteiger partial charge in [-0.3, -0.25) is 4.79 Å². The lowest BCUT2D eigenvalue weighted by Crippen LogP contribution is -2.43. The minimum Gasteiger partial charge on any atom is -0.368 e. The zero-order chi connectivity index (χ0) is 13.7. The Morgan fingerprint density at radius 1 is 1.32 bits per heavy atom. The molecule has 0 aromatic carbocycles. The summed E-state index contributed by atoms with van der Waals surface area (Å²) >= 11 is 0. The Labute approximate surface area is 116 Å². The molecule has 110 valence electrons. The molecule has 2 unspecified atom stereocenters. The molecular weight excluding hydrogens is 242 g/mol. The topological polar surface area (TPSA) is 58.8 Å². The number of amides is 1. The first-order valence-electron chi connectivity index (χ1n) is 7.55. The minimum absolute atomic E-state index is 0.199. The van der Waals surface area contributed by atoms with Gasteiger partial charge in [-0.15, -0.1) is 0 Å². The molecule has 2 rings (SSSR count). The molecule has 0 radical (unpaired) electrons. The van der Waals surface area contributed by atoms with Crippen molar-refractivity contribution in [2.75, 3.05) is 45.9 Å². The van der Waals surface area contributed by atoms with Gasteiger partial charge in [0.25, 0.3) is 5.91 Å². The molecule has 2 fully saturated rings. The van der Waals surface area contributed by atoms with Gasteiger partial charge < -0.3 is 20.3 Å². The Balaban J connectivity index is 1.83. The summed E-state index contributed by atoms with van der Waals surface area (Å²) < 4.78 is 5.59. The normalized spacial score (nSPS) is 29.5. The molecule has 0 aliphatic carbocycles. The Hall–Kier alpha value is -0.650. The van der Waals surface area contributed by atoms with E-state index >= 15 is 0 Å². The lowest BCUT2D eigenvalue weighted by molar-refractivity contribution is -0.142. The van der Waals surface area contributed by atoms with E-state index < -0.39 is 0 Å². The van der Waals surface area contributed by atoms with Crippen LogP contribution >= 0.6 is 0 Å². The molecular formula is C14H27N3O2. The van der Waals surface area contributed by atoms with Crippen molar-refractivity contribution in [2.24, 2.45) is 11.7 Å². The van der Waals surface area contributed by atoms with Crippen LogP contribution in [0.3, 0.4) is 0 Å². The van der Waals surface area contributed by atoms with Gasteiger partial charge in [0, 0.05) is 26.2 Å². The fourth-order valence-electron chi connectivity index (χ4n) is 2.92. The lowest BCUT2D eigenvalue weighted by Gasteiger charge is -2.25. The van der Waals surface area contributed by atoms with E-state index in [9.17, 15) is 4.79 Å². The highest BCUT2D eigenvalue weighted by Crippen LogP contribution is 2.22. The van der Waals surface area contributed by atoms with E-state index in [2.05, 4.69) is 11.8 Å². The van der Waals surface area contributed by atoms with E-state index in [0.29, 0.717) is 5.92 Å². The highest BCUT2D eigenvalue weighted by Gasteiger charge is 2.34. The van der Waals surface area contributed by atoms with Crippen LogP contribution in [0.5, 0.6) is 0 Å². The van der Waals surface area contributed by atoms with Crippen molar-refractivity contribution in [3.05, 3.63) is 0 Å². The van der Waals surface area contributed by atoms with Crippen LogP contribution in [0.4, 0.5) is 0 Å². The number of hydrogen-bond acceptors (Lipinski definition) is 4. The SMILES string of the molecule is CC1CCOC1C(=O)N1CCCN(CCCN)CC1. The van der Waals surface area contributed by atoms with Crippen LogP contribution in [0.25, 0.3) is 0 Å². The smallest absolute Gasteiger partial charge is 0.252 e. The van der Waals surface area contributed by atoms with E-state index in [0.717, 1.165) is 65.1 Å². The quantitative estimate of drug-likeness (QED) is 0.797. The predicted octanol–water partition coefficient (Wildman–Crippen LogP) is 0.295. The van der Waals surface area contributed by atoms with Crippen molar-refractivity contribution < 1.29 is 9.53 Å². The van der Waals surface area contributed by atoms with Crippen molar-refractivity contribution in [1.29, 1.82) is 0 Å². The second-order valence-corrected chi connectivity index (χ2v) is 5.72. The van der Waals surface area contributed by atoms with Gasteiger partial charge in [-0.05, 0) is 44.8 Å². The lowest BCUT2D eigenvalue weighted by atomic mass is 10.0. The highest BCUT2D eigenvalue weighted by atomic mass is 16.5. The van der Waals surface area contributed by atoms with Crippen LogP contribution in [0, 0.1) is 5.92 Å². The van der Waals surface area contributed by atoms with Gasteiger partial charge in [0.15, 0.2) is 0 Å². The molecule has 2 saturated heterocycles. The summed E-state index contributed by atoms with van der Waals surface area (Å²) in [6, 6.07) is 0. The number of nitrogens with zero attached hydrogens (tertiary/aromatic N) is 2. The molecule has 2 N–H and O–H groups in total. The third-order valence-electron chi connectivity index (χ3n) is 4.21. The summed E-state index contributed by atoms with van der Waals surface area (Å²) in [7, 11) is 0. The van der Waals surface area contributed by atoms with Gasteiger partial charge in [0.05, 0.1) is 0 Å². The second-order valence-electron chi connectivity index (χ2n) is 5.72. The molecule has 2 aliphatic heterocycles. The maximum Gasteiger partial charge on any atom is 0.252 e. The Morgan fingerprint density at radius 3 is 2.84 bits per heavy atom. The highest BCUT2D eigenvalue weighted by molar-refractivity contribution is 5.81. The molecule has 1 amide bonds. The van der Waals surface area contributed by atoms with Crippen LogP contribution in [0.2, 0.25) is 0 Å². The molecule has 2 heterocycles. The Kier molecular flexibility index (Phi) is 5.60.